The van der Waals surface area contributed by atoms with Crippen LogP contribution in [0.5, 0.6) is 17.2 Å². The highest BCUT2D eigenvalue weighted by molar-refractivity contribution is 6.01. The van der Waals surface area contributed by atoms with Crippen molar-refractivity contribution < 1.29 is 23.8 Å². The number of aromatic nitrogens is 1. The van der Waals surface area contributed by atoms with Crippen LogP contribution >= 0.6 is 0 Å². The minimum atomic E-state index is -0.354. The molecule has 0 saturated carbocycles. The topological polar surface area (TPSA) is 84.1 Å². The van der Waals surface area contributed by atoms with E-state index in [0.717, 1.165) is 24.1 Å². The molecular formula is C27H31N3O5. The zero-order valence-electron chi connectivity index (χ0n) is 20.4. The number of aromatic amines is 1. The summed E-state index contributed by atoms with van der Waals surface area (Å²) in [4.78, 5) is 33.2. The van der Waals surface area contributed by atoms with E-state index in [1.807, 2.05) is 17.0 Å². The van der Waals surface area contributed by atoms with Gasteiger partial charge < -0.3 is 29.0 Å². The summed E-state index contributed by atoms with van der Waals surface area (Å²) in [5, 5.41) is 1.18. The maximum Gasteiger partial charge on any atom is 0.228 e. The smallest absolute Gasteiger partial charge is 0.228 e. The molecule has 3 aromatic rings. The van der Waals surface area contributed by atoms with Crippen molar-refractivity contribution in [1.29, 1.82) is 0 Å². The molecule has 2 amide bonds. The number of carbonyl (C=O) groups excluding carboxylic acids is 2. The first-order chi connectivity index (χ1) is 17.0. The summed E-state index contributed by atoms with van der Waals surface area (Å²) >= 11 is 0. The van der Waals surface area contributed by atoms with Gasteiger partial charge in [-0.1, -0.05) is 0 Å². The summed E-state index contributed by atoms with van der Waals surface area (Å²) < 4.78 is 16.2. The van der Waals surface area contributed by atoms with Crippen LogP contribution < -0.4 is 19.1 Å². The minimum absolute atomic E-state index is 0.0572. The second-order valence-corrected chi connectivity index (χ2v) is 9.20. The average Bonchev–Trinajstić information content (AvgIpc) is 3.51. The minimum Gasteiger partial charge on any atom is -0.497 e. The Kier molecular flexibility index (Phi) is 6.28. The van der Waals surface area contributed by atoms with Gasteiger partial charge in [-0.05, 0) is 54.7 Å². The highest BCUT2D eigenvalue weighted by Gasteiger charge is 2.39. The Morgan fingerprint density at radius 2 is 1.69 bits per heavy atom. The van der Waals surface area contributed by atoms with Gasteiger partial charge in [-0.2, -0.15) is 0 Å². The van der Waals surface area contributed by atoms with E-state index in [0.29, 0.717) is 42.7 Å². The van der Waals surface area contributed by atoms with Crippen LogP contribution in [0.25, 0.3) is 10.9 Å². The van der Waals surface area contributed by atoms with Crippen LogP contribution in [0, 0.1) is 5.92 Å². The molecule has 1 unspecified atom stereocenters. The van der Waals surface area contributed by atoms with E-state index in [4.69, 9.17) is 14.2 Å². The third-order valence-corrected chi connectivity index (χ3v) is 7.32. The molecule has 3 heterocycles. The number of hydrogen-bond donors (Lipinski definition) is 1. The van der Waals surface area contributed by atoms with Crippen molar-refractivity contribution in [2.45, 2.75) is 25.2 Å². The molecule has 1 aromatic heterocycles. The largest absolute Gasteiger partial charge is 0.497 e. The predicted octanol–water partition coefficient (Wildman–Crippen LogP) is 3.95. The van der Waals surface area contributed by atoms with Crippen LogP contribution in [-0.2, 0) is 9.59 Å². The molecular weight excluding hydrogens is 446 g/mol. The highest BCUT2D eigenvalue weighted by Crippen LogP contribution is 2.38. The molecule has 0 aliphatic carbocycles. The fourth-order valence-corrected chi connectivity index (χ4v) is 5.37. The number of amides is 2. The van der Waals surface area contributed by atoms with E-state index >= 15 is 0 Å². The number of rotatable bonds is 6. The lowest BCUT2D eigenvalue weighted by atomic mass is 9.88. The second kappa shape index (κ2) is 9.52. The number of piperidine rings is 1. The number of hydrogen-bond acceptors (Lipinski definition) is 5. The van der Waals surface area contributed by atoms with Crippen molar-refractivity contribution in [2.75, 3.05) is 45.9 Å². The first-order valence-electron chi connectivity index (χ1n) is 12.0. The standard InChI is InChI=1S/C27H31N3O5/c1-33-19-4-6-23-21(13-19)22(15-28-23)17-8-10-29(11-9-17)27(32)18-12-26(31)30(16-18)24-14-20(34-2)5-7-25(24)35-3/h4-7,13-15,17-18,28H,8-12,16H2,1-3H3. The molecule has 8 nitrogen and oxygen atoms in total. The van der Waals surface area contributed by atoms with Gasteiger partial charge in [0.15, 0.2) is 0 Å². The van der Waals surface area contributed by atoms with Gasteiger partial charge in [0.25, 0.3) is 0 Å². The molecule has 1 N–H and O–H groups in total. The van der Waals surface area contributed by atoms with Gasteiger partial charge in [0.2, 0.25) is 11.8 Å². The van der Waals surface area contributed by atoms with Gasteiger partial charge in [-0.25, -0.2) is 0 Å². The quantitative estimate of drug-likeness (QED) is 0.581. The van der Waals surface area contributed by atoms with Crippen molar-refractivity contribution in [2.24, 2.45) is 5.92 Å². The molecule has 8 heteroatoms. The Labute approximate surface area is 204 Å². The summed E-state index contributed by atoms with van der Waals surface area (Å²) in [6.45, 7) is 1.73. The molecule has 2 aliphatic heterocycles. The summed E-state index contributed by atoms with van der Waals surface area (Å²) in [5.74, 6) is 2.08. The second-order valence-electron chi connectivity index (χ2n) is 9.20. The number of carbonyl (C=O) groups is 2. The molecule has 184 valence electrons. The Morgan fingerprint density at radius 1 is 0.971 bits per heavy atom. The number of ether oxygens (including phenoxy) is 3. The molecule has 35 heavy (non-hydrogen) atoms. The van der Waals surface area contributed by atoms with E-state index in [1.165, 1.54) is 10.9 Å². The molecule has 0 spiro atoms. The van der Waals surface area contributed by atoms with Crippen LogP contribution in [0.2, 0.25) is 0 Å². The zero-order valence-corrected chi connectivity index (χ0v) is 20.4. The highest BCUT2D eigenvalue weighted by atomic mass is 16.5. The lowest BCUT2D eigenvalue weighted by molar-refractivity contribution is -0.136. The van der Waals surface area contributed by atoms with Crippen LogP contribution in [0.1, 0.15) is 30.7 Å². The Bertz CT molecular complexity index is 1240. The van der Waals surface area contributed by atoms with E-state index in [1.54, 1.807) is 44.4 Å². The van der Waals surface area contributed by atoms with Gasteiger partial charge in [0.1, 0.15) is 17.2 Å². The maximum atomic E-state index is 13.4. The van der Waals surface area contributed by atoms with Crippen molar-refractivity contribution in [1.82, 2.24) is 9.88 Å². The normalized spacial score (nSPS) is 18.8. The third-order valence-electron chi connectivity index (χ3n) is 7.32. The molecule has 0 bridgehead atoms. The van der Waals surface area contributed by atoms with Crippen molar-refractivity contribution in [3.05, 3.63) is 48.2 Å². The summed E-state index contributed by atoms with van der Waals surface area (Å²) in [5.41, 5.74) is 3.01. The number of nitrogens with zero attached hydrogens (tertiary/aromatic N) is 2. The molecule has 0 radical (unpaired) electrons. The first-order valence-corrected chi connectivity index (χ1v) is 12.0. The number of anilines is 1. The van der Waals surface area contributed by atoms with Crippen LogP contribution in [0.4, 0.5) is 5.69 Å². The van der Waals surface area contributed by atoms with E-state index < -0.39 is 0 Å². The lowest BCUT2D eigenvalue weighted by Gasteiger charge is -2.33. The van der Waals surface area contributed by atoms with Gasteiger partial charge in [0.05, 0.1) is 32.9 Å². The van der Waals surface area contributed by atoms with E-state index in [-0.39, 0.29) is 24.2 Å². The number of likely N-dealkylation sites (tertiary alicyclic amines) is 1. The van der Waals surface area contributed by atoms with Crippen molar-refractivity contribution in [3.63, 3.8) is 0 Å². The molecule has 2 fully saturated rings. The predicted molar refractivity (Wildman–Crippen MR) is 133 cm³/mol. The van der Waals surface area contributed by atoms with Gasteiger partial charge >= 0.3 is 0 Å². The number of nitrogens with one attached hydrogen (secondary N) is 1. The molecule has 2 aromatic carbocycles. The lowest BCUT2D eigenvalue weighted by Crippen LogP contribution is -2.42. The molecule has 2 saturated heterocycles. The maximum absolute atomic E-state index is 13.4. The van der Waals surface area contributed by atoms with Crippen LogP contribution in [-0.4, -0.2) is 62.7 Å². The zero-order chi connectivity index (χ0) is 24.5. The summed E-state index contributed by atoms with van der Waals surface area (Å²) in [6.07, 6.45) is 4.08. The van der Waals surface area contributed by atoms with Gasteiger partial charge in [-0.3, -0.25) is 9.59 Å². The third kappa shape index (κ3) is 4.29. The molecule has 1 atom stereocenters. The summed E-state index contributed by atoms with van der Waals surface area (Å²) in [7, 11) is 4.83. The molecule has 5 rings (SSSR count). The monoisotopic (exact) mass is 477 g/mol. The average molecular weight is 478 g/mol. The fraction of sp³-hybridized carbons (Fsp3) is 0.407. The van der Waals surface area contributed by atoms with Gasteiger partial charge in [-0.15, -0.1) is 0 Å². The van der Waals surface area contributed by atoms with Gasteiger partial charge in [0, 0.05) is 49.2 Å². The SMILES string of the molecule is COc1ccc(OC)c(N2CC(C(=O)N3CCC(c4c[nH]c5ccc(OC)cc45)CC3)CC2=O)c1. The van der Waals surface area contributed by atoms with E-state index in [9.17, 15) is 9.59 Å². The van der Waals surface area contributed by atoms with Crippen molar-refractivity contribution in [3.8, 4) is 17.2 Å². The number of benzene rings is 2. The van der Waals surface area contributed by atoms with E-state index in [2.05, 4.69) is 17.2 Å². The van der Waals surface area contributed by atoms with Crippen molar-refractivity contribution >= 4 is 28.4 Å². The molecule has 2 aliphatic rings. The van der Waals surface area contributed by atoms with Crippen LogP contribution in [0.3, 0.4) is 0 Å². The first kappa shape index (κ1) is 23.1. The number of H-pyrrole nitrogens is 1. The Hall–Kier alpha value is -3.68. The fourth-order valence-electron chi connectivity index (χ4n) is 5.37. The number of fused-ring (bicyclic) bond motifs is 1. The Balaban J connectivity index is 1.25. The number of methoxy groups -OCH3 is 3. The summed E-state index contributed by atoms with van der Waals surface area (Å²) in [6, 6.07) is 11.4. The Morgan fingerprint density at radius 3 is 2.40 bits per heavy atom. The van der Waals surface area contributed by atoms with Crippen LogP contribution in [0.15, 0.2) is 42.6 Å².